The lowest BCUT2D eigenvalue weighted by Crippen LogP contribution is -2.46. The highest BCUT2D eigenvalue weighted by Gasteiger charge is 2.28. The number of benzene rings is 1. The molecule has 5 nitrogen and oxygen atoms in total. The Morgan fingerprint density at radius 3 is 2.42 bits per heavy atom. The van der Waals surface area contributed by atoms with Gasteiger partial charge in [0.1, 0.15) is 11.8 Å². The Hall–Kier alpha value is -1.90. The van der Waals surface area contributed by atoms with Crippen LogP contribution in [0.5, 0.6) is 5.75 Å². The van der Waals surface area contributed by atoms with Crippen LogP contribution in [0.15, 0.2) is 24.3 Å². The molecule has 0 fully saturated rings. The lowest BCUT2D eigenvalue weighted by molar-refractivity contribution is -0.153. The van der Waals surface area contributed by atoms with Gasteiger partial charge in [-0.05, 0) is 36.1 Å². The van der Waals surface area contributed by atoms with Crippen LogP contribution in [0.25, 0.3) is 0 Å². The topological polar surface area (TPSA) is 67.4 Å². The van der Waals surface area contributed by atoms with Crippen molar-refractivity contribution in [2.75, 3.05) is 18.6 Å². The molecule has 2 N–H and O–H groups in total. The van der Waals surface area contributed by atoms with E-state index in [0.29, 0.717) is 18.4 Å². The lowest BCUT2D eigenvalue weighted by Gasteiger charge is -2.18. The van der Waals surface area contributed by atoms with Crippen LogP contribution in [-0.2, 0) is 16.1 Å². The quantitative estimate of drug-likeness (QED) is 0.643. The molecule has 1 aromatic rings. The number of nitrogens with one attached hydrogen (secondary N) is 2. The summed E-state index contributed by atoms with van der Waals surface area (Å²) in [7, 11) is 0. The number of alkyl halides is 3. The van der Waals surface area contributed by atoms with Crippen LogP contribution >= 0.6 is 11.8 Å². The first-order chi connectivity index (χ1) is 12.2. The molecule has 0 heterocycles. The largest absolute Gasteiger partial charge is 0.484 e. The molecule has 0 aromatic heterocycles. The molecule has 0 saturated carbocycles. The van der Waals surface area contributed by atoms with Crippen molar-refractivity contribution in [1.29, 1.82) is 0 Å². The Labute approximate surface area is 155 Å². The second kappa shape index (κ2) is 10.9. The van der Waals surface area contributed by atoms with E-state index in [1.54, 1.807) is 30.8 Å². The number of carbonyl (C=O) groups excluding carboxylic acids is 2. The Morgan fingerprint density at radius 1 is 1.23 bits per heavy atom. The minimum atomic E-state index is -4.39. The summed E-state index contributed by atoms with van der Waals surface area (Å²) in [5, 5.41) is 5.42. The SMILES string of the molecule is CCC(=O)N[C@@H](CCSC)C(=O)NCc1ccc(OCC(F)(F)F)cc1. The van der Waals surface area contributed by atoms with Gasteiger partial charge in [-0.2, -0.15) is 24.9 Å². The molecule has 0 radical (unpaired) electrons. The number of ether oxygens (including phenoxy) is 1. The molecule has 1 atom stereocenters. The summed E-state index contributed by atoms with van der Waals surface area (Å²) in [4.78, 5) is 23.8. The van der Waals surface area contributed by atoms with Crippen LogP contribution in [0.3, 0.4) is 0 Å². The molecule has 146 valence electrons. The van der Waals surface area contributed by atoms with Gasteiger partial charge in [-0.15, -0.1) is 0 Å². The van der Waals surface area contributed by atoms with Crippen molar-refractivity contribution in [3.8, 4) is 5.75 Å². The normalized spacial score (nSPS) is 12.3. The first-order valence-electron chi connectivity index (χ1n) is 8.09. The standard InChI is InChI=1S/C17H23F3N2O3S/c1-3-15(23)22-14(8-9-26-2)16(24)21-10-12-4-6-13(7-5-12)25-11-17(18,19)20/h4-7,14H,3,8-11H2,1-2H3,(H,21,24)(H,22,23)/t14-/m0/s1. The van der Waals surface area contributed by atoms with Crippen LogP contribution < -0.4 is 15.4 Å². The second-order valence-electron chi connectivity index (χ2n) is 5.52. The number of thioether (sulfide) groups is 1. The first-order valence-corrected chi connectivity index (χ1v) is 9.49. The van der Waals surface area contributed by atoms with Gasteiger partial charge in [-0.3, -0.25) is 9.59 Å². The second-order valence-corrected chi connectivity index (χ2v) is 6.51. The average Bonchev–Trinajstić information content (AvgIpc) is 2.61. The van der Waals surface area contributed by atoms with Crippen molar-refractivity contribution >= 4 is 23.6 Å². The number of hydrogen-bond donors (Lipinski definition) is 2. The fourth-order valence-corrected chi connectivity index (χ4v) is 2.45. The summed E-state index contributed by atoms with van der Waals surface area (Å²) >= 11 is 1.58. The Kier molecular flexibility index (Phi) is 9.32. The minimum absolute atomic E-state index is 0.102. The molecule has 1 rings (SSSR count). The highest BCUT2D eigenvalue weighted by atomic mass is 32.2. The number of amides is 2. The number of halogens is 3. The smallest absolute Gasteiger partial charge is 0.422 e. The van der Waals surface area contributed by atoms with E-state index < -0.39 is 18.8 Å². The van der Waals surface area contributed by atoms with Crippen LogP contribution in [-0.4, -0.2) is 42.6 Å². The third kappa shape index (κ3) is 8.98. The van der Waals surface area contributed by atoms with Gasteiger partial charge >= 0.3 is 6.18 Å². The molecule has 0 saturated heterocycles. The summed E-state index contributed by atoms with van der Waals surface area (Å²) in [5.74, 6) is 0.342. The predicted molar refractivity (Wildman–Crippen MR) is 95.1 cm³/mol. The first kappa shape index (κ1) is 22.1. The number of carbonyl (C=O) groups is 2. The maximum absolute atomic E-state index is 12.3. The zero-order valence-corrected chi connectivity index (χ0v) is 15.5. The summed E-state index contributed by atoms with van der Waals surface area (Å²) in [6.07, 6.45) is -1.66. The number of rotatable bonds is 10. The molecule has 0 spiro atoms. The van der Waals surface area contributed by atoms with E-state index in [1.165, 1.54) is 12.1 Å². The summed E-state index contributed by atoms with van der Waals surface area (Å²) in [6, 6.07) is 5.37. The van der Waals surface area contributed by atoms with E-state index in [0.717, 1.165) is 5.75 Å². The lowest BCUT2D eigenvalue weighted by atomic mass is 10.1. The third-order valence-electron chi connectivity index (χ3n) is 3.38. The molecule has 0 aliphatic carbocycles. The van der Waals surface area contributed by atoms with E-state index >= 15 is 0 Å². The van der Waals surface area contributed by atoms with E-state index in [9.17, 15) is 22.8 Å². The van der Waals surface area contributed by atoms with Crippen molar-refractivity contribution in [1.82, 2.24) is 10.6 Å². The van der Waals surface area contributed by atoms with Gasteiger partial charge in [0.05, 0.1) is 0 Å². The Morgan fingerprint density at radius 2 is 1.88 bits per heavy atom. The van der Waals surface area contributed by atoms with Crippen LogP contribution in [0.4, 0.5) is 13.2 Å². The molecule has 1 aromatic carbocycles. The maximum Gasteiger partial charge on any atom is 0.422 e. The maximum atomic E-state index is 12.3. The van der Waals surface area contributed by atoms with Gasteiger partial charge in [0, 0.05) is 13.0 Å². The van der Waals surface area contributed by atoms with Gasteiger partial charge < -0.3 is 15.4 Å². The number of hydrogen-bond acceptors (Lipinski definition) is 4. The highest BCUT2D eigenvalue weighted by Crippen LogP contribution is 2.18. The molecule has 9 heteroatoms. The van der Waals surface area contributed by atoms with Crippen LogP contribution in [0.2, 0.25) is 0 Å². The third-order valence-corrected chi connectivity index (χ3v) is 4.02. The molecule has 0 aliphatic heterocycles. The molecule has 0 aliphatic rings. The molecule has 26 heavy (non-hydrogen) atoms. The molecular formula is C17H23F3N2O3S. The van der Waals surface area contributed by atoms with E-state index in [2.05, 4.69) is 15.4 Å². The van der Waals surface area contributed by atoms with E-state index in [1.807, 2.05) is 6.26 Å². The Balaban J connectivity index is 2.54. The van der Waals surface area contributed by atoms with Crippen molar-refractivity contribution < 1.29 is 27.5 Å². The monoisotopic (exact) mass is 392 g/mol. The Bertz CT molecular complexity index is 580. The van der Waals surface area contributed by atoms with Gasteiger partial charge in [-0.25, -0.2) is 0 Å². The van der Waals surface area contributed by atoms with Crippen molar-refractivity contribution in [3.63, 3.8) is 0 Å². The van der Waals surface area contributed by atoms with Crippen molar-refractivity contribution in [2.24, 2.45) is 0 Å². The van der Waals surface area contributed by atoms with Gasteiger partial charge in [0.15, 0.2) is 6.61 Å². The van der Waals surface area contributed by atoms with Crippen LogP contribution in [0, 0.1) is 0 Å². The average molecular weight is 392 g/mol. The van der Waals surface area contributed by atoms with Crippen LogP contribution in [0.1, 0.15) is 25.3 Å². The van der Waals surface area contributed by atoms with Gasteiger partial charge in [0.2, 0.25) is 11.8 Å². The van der Waals surface area contributed by atoms with Gasteiger partial charge in [-0.1, -0.05) is 19.1 Å². The predicted octanol–water partition coefficient (Wildman–Crippen LogP) is 2.89. The van der Waals surface area contributed by atoms with Crippen molar-refractivity contribution in [2.45, 2.75) is 38.5 Å². The molecular weight excluding hydrogens is 369 g/mol. The zero-order chi connectivity index (χ0) is 19.6. The highest BCUT2D eigenvalue weighted by molar-refractivity contribution is 7.98. The van der Waals surface area contributed by atoms with Gasteiger partial charge in [0.25, 0.3) is 0 Å². The minimum Gasteiger partial charge on any atom is -0.484 e. The summed E-state index contributed by atoms with van der Waals surface area (Å²) < 4.78 is 40.9. The fourth-order valence-electron chi connectivity index (χ4n) is 1.98. The fraction of sp³-hybridized carbons (Fsp3) is 0.529. The molecule has 0 bridgehead atoms. The molecule has 0 unspecified atom stereocenters. The zero-order valence-electron chi connectivity index (χ0n) is 14.7. The van der Waals surface area contributed by atoms with Crippen molar-refractivity contribution in [3.05, 3.63) is 29.8 Å². The van der Waals surface area contributed by atoms with E-state index in [4.69, 9.17) is 0 Å². The van der Waals surface area contributed by atoms with E-state index in [-0.39, 0.29) is 24.1 Å². The summed E-state index contributed by atoms with van der Waals surface area (Å²) in [6.45, 7) is 0.564. The summed E-state index contributed by atoms with van der Waals surface area (Å²) in [5.41, 5.74) is 0.711. The molecule has 2 amide bonds.